The Morgan fingerprint density at radius 1 is 1.21 bits per heavy atom. The van der Waals surface area contributed by atoms with Gasteiger partial charge < -0.3 is 5.32 Å². The van der Waals surface area contributed by atoms with Gasteiger partial charge in [-0.3, -0.25) is 4.79 Å². The maximum Gasteiger partial charge on any atom is 0.220 e. The van der Waals surface area contributed by atoms with Gasteiger partial charge in [0.1, 0.15) is 0 Å². The minimum Gasteiger partial charge on any atom is -0.356 e. The van der Waals surface area contributed by atoms with E-state index < -0.39 is 0 Å². The lowest BCUT2D eigenvalue weighted by Crippen LogP contribution is -2.29. The molecule has 1 heterocycles. The largest absolute Gasteiger partial charge is 0.356 e. The van der Waals surface area contributed by atoms with Crippen LogP contribution in [0.15, 0.2) is 0 Å². The van der Waals surface area contributed by atoms with Crippen LogP contribution in [0.4, 0.5) is 0 Å². The number of rotatable bonds is 1. The van der Waals surface area contributed by atoms with Gasteiger partial charge in [0.2, 0.25) is 5.91 Å². The molecule has 1 saturated carbocycles. The second-order valence-electron chi connectivity index (χ2n) is 5.30. The van der Waals surface area contributed by atoms with Gasteiger partial charge in [0.05, 0.1) is 0 Å². The van der Waals surface area contributed by atoms with E-state index in [9.17, 15) is 4.79 Å². The van der Waals surface area contributed by atoms with Crippen molar-refractivity contribution < 1.29 is 4.79 Å². The van der Waals surface area contributed by atoms with E-state index in [1.54, 1.807) is 0 Å². The van der Waals surface area contributed by atoms with Crippen molar-refractivity contribution in [2.45, 2.75) is 51.9 Å². The lowest BCUT2D eigenvalue weighted by atomic mass is 9.72. The van der Waals surface area contributed by atoms with Crippen LogP contribution in [0.3, 0.4) is 0 Å². The molecular formula is C12H21NO. The number of nitrogens with one attached hydrogen (secondary N) is 1. The Labute approximate surface area is 86.5 Å². The summed E-state index contributed by atoms with van der Waals surface area (Å²) in [5, 5.41) is 2.99. The van der Waals surface area contributed by atoms with Gasteiger partial charge in [-0.15, -0.1) is 0 Å². The molecule has 0 radical (unpaired) electrons. The van der Waals surface area contributed by atoms with Crippen LogP contribution < -0.4 is 5.32 Å². The zero-order chi connectivity index (χ0) is 10.0. The van der Waals surface area contributed by atoms with E-state index in [0.717, 1.165) is 18.9 Å². The van der Waals surface area contributed by atoms with Gasteiger partial charge in [-0.1, -0.05) is 32.6 Å². The SMILES string of the molecule is CC1(C2CCCCCC2)CNC(=O)C1. The van der Waals surface area contributed by atoms with Crippen LogP contribution in [0.5, 0.6) is 0 Å². The monoisotopic (exact) mass is 195 g/mol. The Bertz CT molecular complexity index is 218. The summed E-state index contributed by atoms with van der Waals surface area (Å²) < 4.78 is 0. The standard InChI is InChI=1S/C12H21NO/c1-12(8-11(14)13-9-12)10-6-4-2-3-5-7-10/h10H,2-9H2,1H3,(H,13,14). The first kappa shape index (κ1) is 10.0. The highest BCUT2D eigenvalue weighted by Gasteiger charge is 2.40. The van der Waals surface area contributed by atoms with Crippen LogP contribution in [0.25, 0.3) is 0 Å². The molecule has 80 valence electrons. The van der Waals surface area contributed by atoms with E-state index >= 15 is 0 Å². The average Bonchev–Trinajstić information content (AvgIpc) is 2.45. The number of hydrogen-bond donors (Lipinski definition) is 1. The van der Waals surface area contributed by atoms with Crippen LogP contribution in [0.1, 0.15) is 51.9 Å². The topological polar surface area (TPSA) is 29.1 Å². The molecule has 2 rings (SSSR count). The quantitative estimate of drug-likeness (QED) is 0.640. The van der Waals surface area contributed by atoms with Gasteiger partial charge in [-0.05, 0) is 24.2 Å². The highest BCUT2D eigenvalue weighted by Crippen LogP contribution is 2.41. The van der Waals surface area contributed by atoms with Gasteiger partial charge in [0.15, 0.2) is 0 Å². The van der Waals surface area contributed by atoms with Crippen LogP contribution in [-0.2, 0) is 4.79 Å². The predicted molar refractivity (Wildman–Crippen MR) is 56.9 cm³/mol. The van der Waals surface area contributed by atoms with Crippen molar-refractivity contribution in [3.63, 3.8) is 0 Å². The van der Waals surface area contributed by atoms with Crippen molar-refractivity contribution in [2.75, 3.05) is 6.54 Å². The molecule has 2 nitrogen and oxygen atoms in total. The van der Waals surface area contributed by atoms with Crippen LogP contribution in [0, 0.1) is 11.3 Å². The van der Waals surface area contributed by atoms with Crippen molar-refractivity contribution in [3.05, 3.63) is 0 Å². The Balaban J connectivity index is 2.01. The van der Waals surface area contributed by atoms with Gasteiger partial charge in [-0.2, -0.15) is 0 Å². The highest BCUT2D eigenvalue weighted by atomic mass is 16.1. The van der Waals surface area contributed by atoms with Gasteiger partial charge in [-0.25, -0.2) is 0 Å². The van der Waals surface area contributed by atoms with Crippen LogP contribution >= 0.6 is 0 Å². The van der Waals surface area contributed by atoms with E-state index in [0.29, 0.717) is 0 Å². The first-order chi connectivity index (χ1) is 6.71. The molecule has 2 heteroatoms. The summed E-state index contributed by atoms with van der Waals surface area (Å²) >= 11 is 0. The van der Waals surface area contributed by atoms with Crippen LogP contribution in [-0.4, -0.2) is 12.5 Å². The molecular weight excluding hydrogens is 174 g/mol. The zero-order valence-electron chi connectivity index (χ0n) is 9.14. The Morgan fingerprint density at radius 2 is 1.86 bits per heavy atom. The average molecular weight is 195 g/mol. The van der Waals surface area contributed by atoms with Gasteiger partial charge >= 0.3 is 0 Å². The minimum atomic E-state index is 0.261. The summed E-state index contributed by atoms with van der Waals surface area (Å²) in [7, 11) is 0. The number of carbonyl (C=O) groups is 1. The Kier molecular flexibility index (Phi) is 2.80. The normalized spacial score (nSPS) is 35.4. The lowest BCUT2D eigenvalue weighted by Gasteiger charge is -2.31. The molecule has 1 saturated heterocycles. The van der Waals surface area contributed by atoms with E-state index in [1.165, 1.54) is 38.5 Å². The molecule has 2 aliphatic rings. The summed E-state index contributed by atoms with van der Waals surface area (Å²) in [5.74, 6) is 1.04. The molecule has 1 N–H and O–H groups in total. The Morgan fingerprint density at radius 3 is 2.36 bits per heavy atom. The highest BCUT2D eigenvalue weighted by molar-refractivity contribution is 5.79. The molecule has 0 aromatic carbocycles. The van der Waals surface area contributed by atoms with E-state index in [1.807, 2.05) is 0 Å². The van der Waals surface area contributed by atoms with Gasteiger partial charge in [0.25, 0.3) is 0 Å². The summed E-state index contributed by atoms with van der Waals surface area (Å²) in [4.78, 5) is 11.3. The molecule has 0 bridgehead atoms. The molecule has 2 fully saturated rings. The van der Waals surface area contributed by atoms with Crippen molar-refractivity contribution >= 4 is 5.91 Å². The minimum absolute atomic E-state index is 0.261. The molecule has 0 aromatic heterocycles. The molecule has 0 spiro atoms. The third-order valence-corrected chi connectivity index (χ3v) is 4.09. The first-order valence-electron chi connectivity index (χ1n) is 5.97. The van der Waals surface area contributed by atoms with Crippen molar-refractivity contribution in [1.82, 2.24) is 5.32 Å². The molecule has 14 heavy (non-hydrogen) atoms. The number of carbonyl (C=O) groups excluding carboxylic acids is 1. The second kappa shape index (κ2) is 3.92. The third-order valence-electron chi connectivity index (χ3n) is 4.09. The first-order valence-corrected chi connectivity index (χ1v) is 5.97. The molecule has 1 aliphatic carbocycles. The fourth-order valence-corrected chi connectivity index (χ4v) is 3.06. The summed E-state index contributed by atoms with van der Waals surface area (Å²) in [6, 6.07) is 0. The summed E-state index contributed by atoms with van der Waals surface area (Å²) in [5.41, 5.74) is 0.265. The van der Waals surface area contributed by atoms with E-state index in [2.05, 4.69) is 12.2 Å². The second-order valence-corrected chi connectivity index (χ2v) is 5.30. The molecule has 0 aromatic rings. The zero-order valence-corrected chi connectivity index (χ0v) is 9.14. The van der Waals surface area contributed by atoms with E-state index in [-0.39, 0.29) is 11.3 Å². The molecule has 1 unspecified atom stereocenters. The predicted octanol–water partition coefficient (Wildman–Crippen LogP) is 2.48. The maximum absolute atomic E-state index is 11.3. The van der Waals surface area contributed by atoms with Crippen LogP contribution in [0.2, 0.25) is 0 Å². The van der Waals surface area contributed by atoms with Crippen molar-refractivity contribution in [2.24, 2.45) is 11.3 Å². The summed E-state index contributed by atoms with van der Waals surface area (Å²) in [6.07, 6.45) is 8.97. The van der Waals surface area contributed by atoms with Crippen molar-refractivity contribution in [1.29, 1.82) is 0 Å². The van der Waals surface area contributed by atoms with Gasteiger partial charge in [0, 0.05) is 13.0 Å². The fraction of sp³-hybridized carbons (Fsp3) is 0.917. The molecule has 1 atom stereocenters. The molecule has 1 amide bonds. The molecule has 1 aliphatic heterocycles. The summed E-state index contributed by atoms with van der Waals surface area (Å²) in [6.45, 7) is 3.21. The lowest BCUT2D eigenvalue weighted by molar-refractivity contribution is -0.119. The smallest absolute Gasteiger partial charge is 0.220 e. The van der Waals surface area contributed by atoms with Crippen molar-refractivity contribution in [3.8, 4) is 0 Å². The maximum atomic E-state index is 11.3. The third kappa shape index (κ3) is 1.94. The fourth-order valence-electron chi connectivity index (χ4n) is 3.06. The number of amides is 1. The van der Waals surface area contributed by atoms with E-state index in [4.69, 9.17) is 0 Å². The number of hydrogen-bond acceptors (Lipinski definition) is 1. The Hall–Kier alpha value is -0.530.